The van der Waals surface area contributed by atoms with Gasteiger partial charge in [0.1, 0.15) is 5.66 Å². The Morgan fingerprint density at radius 1 is 1.06 bits per heavy atom. The van der Waals surface area contributed by atoms with E-state index in [9.17, 15) is 5.21 Å². The van der Waals surface area contributed by atoms with Crippen LogP contribution in [0.1, 0.15) is 79.6 Å². The Morgan fingerprint density at radius 2 is 1.61 bits per heavy atom. The second kappa shape index (κ2) is 6.16. The van der Waals surface area contributed by atoms with Crippen molar-refractivity contribution in [3.05, 3.63) is 0 Å². The minimum Gasteiger partial charge on any atom is -0.311 e. The molecule has 0 saturated carbocycles. The van der Waals surface area contributed by atoms with Gasteiger partial charge in [-0.05, 0) is 40.5 Å². The van der Waals surface area contributed by atoms with E-state index >= 15 is 0 Å². The number of hydrogen-bond donors (Lipinski definition) is 1. The molecule has 1 aliphatic rings. The molecule has 18 heavy (non-hydrogen) atoms. The third-order valence-electron chi connectivity index (χ3n) is 4.28. The minimum absolute atomic E-state index is 0.322. The number of hydroxylamine groups is 2. The summed E-state index contributed by atoms with van der Waals surface area (Å²) in [5, 5.41) is 11.8. The Labute approximate surface area is 112 Å². The van der Waals surface area contributed by atoms with Gasteiger partial charge in [0.25, 0.3) is 0 Å². The van der Waals surface area contributed by atoms with E-state index in [0.29, 0.717) is 0 Å². The van der Waals surface area contributed by atoms with Crippen LogP contribution >= 0.6 is 0 Å². The first kappa shape index (κ1) is 15.6. The fraction of sp³-hybridized carbons (Fsp3) is 0.933. The zero-order valence-electron chi connectivity index (χ0n) is 12.8. The maximum atomic E-state index is 10.3. The van der Waals surface area contributed by atoms with Crippen LogP contribution in [0.3, 0.4) is 0 Å². The molecule has 0 bridgehead atoms. The maximum absolute atomic E-state index is 10.3. The molecule has 0 fully saturated rings. The summed E-state index contributed by atoms with van der Waals surface area (Å²) in [6.45, 7) is 10.3. The molecule has 0 aliphatic carbocycles. The molecule has 0 saturated heterocycles. The molecular formula is C15H30N2O. The molecule has 1 rings (SSSR count). The van der Waals surface area contributed by atoms with Gasteiger partial charge >= 0.3 is 0 Å². The normalized spacial score (nSPS) is 27.6. The first-order valence-electron chi connectivity index (χ1n) is 7.41. The molecule has 1 N–H and O–H groups in total. The minimum atomic E-state index is -0.418. The maximum Gasteiger partial charge on any atom is 0.133 e. The number of aliphatic imine (C=N–C) groups is 1. The Bertz CT molecular complexity index is 299. The van der Waals surface area contributed by atoms with Gasteiger partial charge in [-0.3, -0.25) is 4.99 Å². The lowest BCUT2D eigenvalue weighted by Gasteiger charge is -2.36. The van der Waals surface area contributed by atoms with E-state index in [4.69, 9.17) is 0 Å². The van der Waals surface area contributed by atoms with Crippen LogP contribution in [0.2, 0.25) is 0 Å². The lowest BCUT2D eigenvalue weighted by atomic mass is 9.98. The van der Waals surface area contributed by atoms with E-state index in [1.807, 2.05) is 27.7 Å². The van der Waals surface area contributed by atoms with E-state index in [0.717, 1.165) is 18.6 Å². The second-order valence-electron chi connectivity index (χ2n) is 6.30. The zero-order valence-corrected chi connectivity index (χ0v) is 12.8. The Hall–Kier alpha value is -0.410. The van der Waals surface area contributed by atoms with Crippen molar-refractivity contribution in [2.24, 2.45) is 4.99 Å². The largest absolute Gasteiger partial charge is 0.311 e. The van der Waals surface area contributed by atoms with Crippen LogP contribution < -0.4 is 0 Å². The van der Waals surface area contributed by atoms with Gasteiger partial charge in [-0.15, -0.1) is 0 Å². The topological polar surface area (TPSA) is 35.8 Å². The Kier molecular flexibility index (Phi) is 5.35. The zero-order chi connectivity index (χ0) is 13.8. The molecule has 1 heterocycles. The summed E-state index contributed by atoms with van der Waals surface area (Å²) in [5.74, 6) is 0. The summed E-state index contributed by atoms with van der Waals surface area (Å²) in [6, 6.07) is 0. The molecule has 3 nitrogen and oxygen atoms in total. The SMILES string of the molecule is CCCCCCCC[C@]1(C)N=C(C)C(C)(C)N1O. The summed E-state index contributed by atoms with van der Waals surface area (Å²) in [7, 11) is 0. The molecule has 1 atom stereocenters. The highest BCUT2D eigenvalue weighted by molar-refractivity contribution is 5.92. The van der Waals surface area contributed by atoms with E-state index < -0.39 is 5.66 Å². The molecular weight excluding hydrogens is 224 g/mol. The van der Waals surface area contributed by atoms with E-state index in [2.05, 4.69) is 11.9 Å². The summed E-state index contributed by atoms with van der Waals surface area (Å²) >= 11 is 0. The van der Waals surface area contributed by atoms with Crippen molar-refractivity contribution < 1.29 is 5.21 Å². The molecule has 0 amide bonds. The van der Waals surface area contributed by atoms with Crippen LogP contribution in [-0.4, -0.2) is 27.2 Å². The fourth-order valence-electron chi connectivity index (χ4n) is 2.70. The summed E-state index contributed by atoms with van der Waals surface area (Å²) in [6.07, 6.45) is 8.61. The van der Waals surface area contributed by atoms with E-state index in [-0.39, 0.29) is 5.54 Å². The Balaban J connectivity index is 2.38. The molecule has 1 aliphatic heterocycles. The van der Waals surface area contributed by atoms with Crippen molar-refractivity contribution in [3.63, 3.8) is 0 Å². The third kappa shape index (κ3) is 3.33. The summed E-state index contributed by atoms with van der Waals surface area (Å²) < 4.78 is 0. The third-order valence-corrected chi connectivity index (χ3v) is 4.28. The number of rotatable bonds is 7. The van der Waals surface area contributed by atoms with Gasteiger partial charge in [-0.25, -0.2) is 0 Å². The van der Waals surface area contributed by atoms with Gasteiger partial charge in [0.05, 0.1) is 5.54 Å². The van der Waals surface area contributed by atoms with Gasteiger partial charge in [0.15, 0.2) is 0 Å². The van der Waals surface area contributed by atoms with Gasteiger partial charge in [0, 0.05) is 5.71 Å². The number of nitrogens with zero attached hydrogens (tertiary/aromatic N) is 2. The van der Waals surface area contributed by atoms with Crippen molar-refractivity contribution >= 4 is 5.71 Å². The van der Waals surface area contributed by atoms with Gasteiger partial charge in [0.2, 0.25) is 0 Å². The molecule has 3 heteroatoms. The molecule has 0 radical (unpaired) electrons. The molecule has 0 aromatic rings. The quantitative estimate of drug-likeness (QED) is 0.684. The van der Waals surface area contributed by atoms with Crippen LogP contribution in [0, 0.1) is 0 Å². The smallest absolute Gasteiger partial charge is 0.133 e. The van der Waals surface area contributed by atoms with Crippen LogP contribution in [0.5, 0.6) is 0 Å². The van der Waals surface area contributed by atoms with Gasteiger partial charge in [-0.2, -0.15) is 5.06 Å². The van der Waals surface area contributed by atoms with E-state index in [1.54, 1.807) is 0 Å². The molecule has 0 aromatic carbocycles. The fourth-order valence-corrected chi connectivity index (χ4v) is 2.70. The molecule has 106 valence electrons. The number of unbranched alkanes of at least 4 members (excludes halogenated alkanes) is 5. The van der Waals surface area contributed by atoms with Crippen LogP contribution in [0.15, 0.2) is 4.99 Å². The molecule has 0 unspecified atom stereocenters. The van der Waals surface area contributed by atoms with Crippen molar-refractivity contribution in [1.29, 1.82) is 0 Å². The lowest BCUT2D eigenvalue weighted by molar-refractivity contribution is -0.196. The lowest BCUT2D eigenvalue weighted by Crippen LogP contribution is -2.50. The van der Waals surface area contributed by atoms with Crippen LogP contribution in [0.25, 0.3) is 0 Å². The van der Waals surface area contributed by atoms with E-state index in [1.165, 1.54) is 37.2 Å². The highest BCUT2D eigenvalue weighted by Gasteiger charge is 2.47. The molecule has 0 spiro atoms. The first-order chi connectivity index (χ1) is 8.34. The number of hydrogen-bond acceptors (Lipinski definition) is 3. The predicted molar refractivity (Wildman–Crippen MR) is 77.2 cm³/mol. The Morgan fingerprint density at radius 3 is 2.11 bits per heavy atom. The highest BCUT2D eigenvalue weighted by atomic mass is 16.5. The van der Waals surface area contributed by atoms with Gasteiger partial charge in [-0.1, -0.05) is 39.0 Å². The van der Waals surface area contributed by atoms with Crippen LogP contribution in [0.4, 0.5) is 0 Å². The molecule has 0 aromatic heterocycles. The standard InChI is InChI=1S/C15H30N2O/c1-6-7-8-9-10-11-12-15(5)16-13(2)14(3,4)17(15)18/h18H,6-12H2,1-5H3/t15-/m1/s1. The van der Waals surface area contributed by atoms with Crippen molar-refractivity contribution in [3.8, 4) is 0 Å². The van der Waals surface area contributed by atoms with Crippen molar-refractivity contribution in [2.45, 2.75) is 90.8 Å². The summed E-state index contributed by atoms with van der Waals surface area (Å²) in [5.41, 5.74) is 0.286. The highest BCUT2D eigenvalue weighted by Crippen LogP contribution is 2.36. The predicted octanol–water partition coefficient (Wildman–Crippen LogP) is 4.40. The second-order valence-corrected chi connectivity index (χ2v) is 6.30. The average Bonchev–Trinajstić information content (AvgIpc) is 2.46. The summed E-state index contributed by atoms with van der Waals surface area (Å²) in [4.78, 5) is 4.68. The first-order valence-corrected chi connectivity index (χ1v) is 7.41. The van der Waals surface area contributed by atoms with Gasteiger partial charge < -0.3 is 5.21 Å². The van der Waals surface area contributed by atoms with Crippen molar-refractivity contribution in [2.75, 3.05) is 0 Å². The monoisotopic (exact) mass is 254 g/mol. The van der Waals surface area contributed by atoms with Crippen LogP contribution in [-0.2, 0) is 0 Å². The average molecular weight is 254 g/mol. The van der Waals surface area contributed by atoms with Crippen molar-refractivity contribution in [1.82, 2.24) is 5.06 Å².